The summed E-state index contributed by atoms with van der Waals surface area (Å²) in [7, 11) is 0. The number of rotatable bonds is 4. The van der Waals surface area contributed by atoms with E-state index in [9.17, 15) is 9.90 Å². The second kappa shape index (κ2) is 6.97. The van der Waals surface area contributed by atoms with E-state index in [1.165, 1.54) is 0 Å². The van der Waals surface area contributed by atoms with Crippen LogP contribution in [-0.2, 0) is 6.42 Å². The maximum atomic E-state index is 11.3. The lowest BCUT2D eigenvalue weighted by Crippen LogP contribution is -2.02. The first-order chi connectivity index (χ1) is 13.6. The molecule has 0 fully saturated rings. The average Bonchev–Trinajstić information content (AvgIpc) is 3.16. The van der Waals surface area contributed by atoms with E-state index < -0.39 is 5.97 Å². The van der Waals surface area contributed by atoms with Gasteiger partial charge in [-0.2, -0.15) is 10.4 Å². The topological polar surface area (TPSA) is 103 Å². The lowest BCUT2D eigenvalue weighted by Gasteiger charge is -2.07. The van der Waals surface area contributed by atoms with Gasteiger partial charge in [-0.3, -0.25) is 5.10 Å². The number of nitrogens with zero attached hydrogens (tertiary/aromatic N) is 3. The Morgan fingerprint density at radius 2 is 1.86 bits per heavy atom. The first-order valence-corrected chi connectivity index (χ1v) is 8.83. The molecule has 2 aromatic heterocycles. The minimum absolute atomic E-state index is 0.315. The van der Waals surface area contributed by atoms with Gasteiger partial charge in [-0.25, -0.2) is 9.78 Å². The average molecular weight is 368 g/mol. The molecular weight excluding hydrogens is 352 g/mol. The van der Waals surface area contributed by atoms with Crippen molar-refractivity contribution in [3.63, 3.8) is 0 Å². The largest absolute Gasteiger partial charge is 0.478 e. The molecule has 136 valence electrons. The van der Waals surface area contributed by atoms with Crippen LogP contribution in [0.5, 0.6) is 0 Å². The molecule has 4 rings (SSSR count). The first kappa shape index (κ1) is 17.4. The zero-order chi connectivity index (χ0) is 19.7. The molecule has 2 N–H and O–H groups in total. The Bertz CT molecular complexity index is 1230. The predicted octanol–water partition coefficient (Wildman–Crippen LogP) is 4.42. The number of carboxylic acids is 1. The van der Waals surface area contributed by atoms with Gasteiger partial charge in [0.15, 0.2) is 5.65 Å². The second-order valence-corrected chi connectivity index (χ2v) is 6.39. The molecule has 2 aromatic carbocycles. The van der Waals surface area contributed by atoms with Crippen molar-refractivity contribution in [2.24, 2.45) is 0 Å². The van der Waals surface area contributed by atoms with Crippen LogP contribution in [0, 0.1) is 11.3 Å². The SMILES string of the molecule is CCc1cc(-c2ccc3c(-c4ccc(C#N)cc4)[nH]nc3n2)ccc1C(=O)O. The van der Waals surface area contributed by atoms with Crippen molar-refractivity contribution in [1.82, 2.24) is 15.2 Å². The molecule has 28 heavy (non-hydrogen) atoms. The normalized spacial score (nSPS) is 10.7. The van der Waals surface area contributed by atoms with Crippen LogP contribution in [0.4, 0.5) is 0 Å². The van der Waals surface area contributed by atoms with E-state index in [1.807, 2.05) is 37.3 Å². The highest BCUT2D eigenvalue weighted by Gasteiger charge is 2.13. The van der Waals surface area contributed by atoms with Gasteiger partial charge in [-0.1, -0.05) is 25.1 Å². The predicted molar refractivity (Wildman–Crippen MR) is 106 cm³/mol. The highest BCUT2D eigenvalue weighted by atomic mass is 16.4. The molecule has 0 unspecified atom stereocenters. The Balaban J connectivity index is 1.75. The quantitative estimate of drug-likeness (QED) is 0.555. The van der Waals surface area contributed by atoms with E-state index in [-0.39, 0.29) is 0 Å². The van der Waals surface area contributed by atoms with E-state index in [1.54, 1.807) is 24.3 Å². The fraction of sp³-hybridized carbons (Fsp3) is 0.0909. The van der Waals surface area contributed by atoms with Gasteiger partial charge in [0.25, 0.3) is 0 Å². The summed E-state index contributed by atoms with van der Waals surface area (Å²) in [5.74, 6) is -0.925. The van der Waals surface area contributed by atoms with Crippen molar-refractivity contribution in [2.45, 2.75) is 13.3 Å². The Hall–Kier alpha value is -3.98. The summed E-state index contributed by atoms with van der Waals surface area (Å²) < 4.78 is 0. The number of aromatic nitrogens is 3. The molecule has 0 atom stereocenters. The van der Waals surface area contributed by atoms with E-state index in [4.69, 9.17) is 5.26 Å². The van der Waals surface area contributed by atoms with Crippen LogP contribution in [0.3, 0.4) is 0 Å². The summed E-state index contributed by atoms with van der Waals surface area (Å²) in [6.07, 6.45) is 0.628. The molecule has 0 amide bonds. The number of hydrogen-bond acceptors (Lipinski definition) is 4. The number of carboxylic acid groups (broad SMARTS) is 1. The standard InChI is InChI=1S/C22H16N4O2/c1-2-14-11-16(7-8-17(14)22(27)28)19-10-9-18-20(25-26-21(18)24-19)15-5-3-13(12-23)4-6-15/h3-11H,2H2,1H3,(H,27,28)(H,24,25,26). The van der Waals surface area contributed by atoms with E-state index in [0.717, 1.165) is 33.5 Å². The van der Waals surface area contributed by atoms with Gasteiger partial charge in [0, 0.05) is 16.5 Å². The number of pyridine rings is 1. The minimum Gasteiger partial charge on any atom is -0.478 e. The highest BCUT2D eigenvalue weighted by molar-refractivity contribution is 5.93. The minimum atomic E-state index is -0.925. The molecule has 0 bridgehead atoms. The number of aromatic amines is 1. The molecular formula is C22H16N4O2. The van der Waals surface area contributed by atoms with E-state index in [0.29, 0.717) is 23.2 Å². The Labute approximate surface area is 161 Å². The molecule has 0 radical (unpaired) electrons. The third-order valence-corrected chi connectivity index (χ3v) is 4.73. The molecule has 0 saturated heterocycles. The monoisotopic (exact) mass is 368 g/mol. The zero-order valence-electron chi connectivity index (χ0n) is 15.1. The van der Waals surface area contributed by atoms with Gasteiger partial charge in [-0.15, -0.1) is 0 Å². The summed E-state index contributed by atoms with van der Waals surface area (Å²) >= 11 is 0. The van der Waals surface area contributed by atoms with Gasteiger partial charge in [0.2, 0.25) is 0 Å². The third kappa shape index (κ3) is 2.99. The van der Waals surface area contributed by atoms with Crippen molar-refractivity contribution >= 4 is 17.0 Å². The maximum absolute atomic E-state index is 11.3. The number of H-pyrrole nitrogens is 1. The molecule has 0 saturated carbocycles. The van der Waals surface area contributed by atoms with Gasteiger partial charge in [-0.05, 0) is 48.4 Å². The number of hydrogen-bond donors (Lipinski definition) is 2. The molecule has 0 spiro atoms. The number of aryl methyl sites for hydroxylation is 1. The van der Waals surface area contributed by atoms with Gasteiger partial charge in [0.05, 0.1) is 28.6 Å². The number of carbonyl (C=O) groups is 1. The Morgan fingerprint density at radius 1 is 1.11 bits per heavy atom. The number of fused-ring (bicyclic) bond motifs is 1. The second-order valence-electron chi connectivity index (χ2n) is 6.39. The highest BCUT2D eigenvalue weighted by Crippen LogP contribution is 2.29. The first-order valence-electron chi connectivity index (χ1n) is 8.83. The van der Waals surface area contributed by atoms with Crippen LogP contribution in [0.25, 0.3) is 33.5 Å². The van der Waals surface area contributed by atoms with Crippen LogP contribution in [0.2, 0.25) is 0 Å². The van der Waals surface area contributed by atoms with E-state index >= 15 is 0 Å². The van der Waals surface area contributed by atoms with Crippen molar-refractivity contribution in [2.75, 3.05) is 0 Å². The zero-order valence-corrected chi connectivity index (χ0v) is 15.1. The Morgan fingerprint density at radius 3 is 2.54 bits per heavy atom. The molecule has 6 heteroatoms. The molecule has 2 heterocycles. The number of nitriles is 1. The van der Waals surface area contributed by atoms with Gasteiger partial charge in [0.1, 0.15) is 0 Å². The third-order valence-electron chi connectivity index (χ3n) is 4.73. The molecule has 0 aliphatic heterocycles. The van der Waals surface area contributed by atoms with E-state index in [2.05, 4.69) is 21.3 Å². The molecule has 4 aromatic rings. The smallest absolute Gasteiger partial charge is 0.335 e. The number of nitrogens with one attached hydrogen (secondary N) is 1. The summed E-state index contributed by atoms with van der Waals surface area (Å²) in [6.45, 7) is 1.93. The van der Waals surface area contributed by atoms with Gasteiger partial charge < -0.3 is 5.11 Å². The van der Waals surface area contributed by atoms with Crippen molar-refractivity contribution < 1.29 is 9.90 Å². The van der Waals surface area contributed by atoms with Crippen molar-refractivity contribution in [1.29, 1.82) is 5.26 Å². The van der Waals surface area contributed by atoms with Gasteiger partial charge >= 0.3 is 5.97 Å². The molecule has 0 aliphatic rings. The lowest BCUT2D eigenvalue weighted by molar-refractivity contribution is 0.0695. The van der Waals surface area contributed by atoms with Crippen LogP contribution >= 0.6 is 0 Å². The van der Waals surface area contributed by atoms with Crippen LogP contribution in [0.15, 0.2) is 54.6 Å². The Kier molecular flexibility index (Phi) is 4.34. The van der Waals surface area contributed by atoms with Crippen LogP contribution in [-0.4, -0.2) is 26.3 Å². The molecule has 6 nitrogen and oxygen atoms in total. The summed E-state index contributed by atoms with van der Waals surface area (Å²) in [5, 5.41) is 26.5. The maximum Gasteiger partial charge on any atom is 0.335 e. The fourth-order valence-electron chi connectivity index (χ4n) is 3.24. The molecule has 0 aliphatic carbocycles. The summed E-state index contributed by atoms with van der Waals surface area (Å²) in [4.78, 5) is 16.0. The van der Waals surface area contributed by atoms with Crippen LogP contribution in [0.1, 0.15) is 28.4 Å². The van der Waals surface area contributed by atoms with Crippen molar-refractivity contribution in [3.05, 3.63) is 71.3 Å². The number of benzene rings is 2. The van der Waals surface area contributed by atoms with Crippen molar-refractivity contribution in [3.8, 4) is 28.6 Å². The summed E-state index contributed by atoms with van der Waals surface area (Å²) in [6, 6.07) is 18.5. The fourth-order valence-corrected chi connectivity index (χ4v) is 3.24. The number of aromatic carboxylic acids is 1. The lowest BCUT2D eigenvalue weighted by atomic mass is 9.99. The van der Waals surface area contributed by atoms with Crippen LogP contribution < -0.4 is 0 Å². The summed E-state index contributed by atoms with van der Waals surface area (Å²) in [5.41, 5.74) is 5.62.